The number of amides is 1. The highest BCUT2D eigenvalue weighted by atomic mass is 16.5. The largest absolute Gasteiger partial charge is 0.377 e. The summed E-state index contributed by atoms with van der Waals surface area (Å²) in [6, 6.07) is -0.139. The van der Waals surface area contributed by atoms with Crippen LogP contribution in [-0.4, -0.2) is 54.3 Å². The molecule has 1 amide bonds. The first-order chi connectivity index (χ1) is 8.22. The zero-order valence-corrected chi connectivity index (χ0v) is 10.1. The van der Waals surface area contributed by atoms with E-state index in [0.29, 0.717) is 19.8 Å². The zero-order chi connectivity index (χ0) is 12.3. The van der Waals surface area contributed by atoms with Gasteiger partial charge >= 0.3 is 0 Å². The van der Waals surface area contributed by atoms with E-state index < -0.39 is 0 Å². The van der Waals surface area contributed by atoms with Crippen molar-refractivity contribution >= 4 is 5.91 Å². The summed E-state index contributed by atoms with van der Waals surface area (Å²) in [7, 11) is 1.52. The third kappa shape index (κ3) is 2.65. The molecule has 1 fully saturated rings. The molecule has 1 aliphatic rings. The van der Waals surface area contributed by atoms with Crippen LogP contribution in [0.1, 0.15) is 17.6 Å². The molecular weight excluding hydrogens is 222 g/mol. The zero-order valence-electron chi connectivity index (χ0n) is 10.1. The van der Waals surface area contributed by atoms with E-state index in [4.69, 9.17) is 9.47 Å². The number of imidazole rings is 1. The molecule has 0 bridgehead atoms. The Morgan fingerprint density at radius 2 is 2.59 bits per heavy atom. The summed E-state index contributed by atoms with van der Waals surface area (Å²) in [6.07, 6.45) is 1.75. The number of aromatic amines is 1. The first-order valence-corrected chi connectivity index (χ1v) is 5.60. The Morgan fingerprint density at radius 3 is 3.24 bits per heavy atom. The predicted molar refractivity (Wildman–Crippen MR) is 60.5 cm³/mol. The minimum absolute atomic E-state index is 0.0325. The van der Waals surface area contributed by atoms with Crippen LogP contribution in [0, 0.1) is 6.92 Å². The van der Waals surface area contributed by atoms with Crippen LogP contribution < -0.4 is 0 Å². The Kier molecular flexibility index (Phi) is 3.75. The number of hydrogen-bond donors (Lipinski definition) is 1. The SMILES string of the molecule is COCC(=O)N1CCOCC1c1ncc(C)[nH]1. The van der Waals surface area contributed by atoms with E-state index in [1.807, 2.05) is 6.92 Å². The van der Waals surface area contributed by atoms with Crippen molar-refractivity contribution in [3.63, 3.8) is 0 Å². The van der Waals surface area contributed by atoms with Gasteiger partial charge in [-0.3, -0.25) is 4.79 Å². The van der Waals surface area contributed by atoms with E-state index >= 15 is 0 Å². The number of rotatable bonds is 3. The summed E-state index contributed by atoms with van der Waals surface area (Å²) in [4.78, 5) is 21.1. The van der Waals surface area contributed by atoms with E-state index in [9.17, 15) is 4.79 Å². The summed E-state index contributed by atoms with van der Waals surface area (Å²) < 4.78 is 10.3. The molecule has 2 rings (SSSR count). The van der Waals surface area contributed by atoms with Gasteiger partial charge in [-0.1, -0.05) is 0 Å². The van der Waals surface area contributed by atoms with Crippen LogP contribution in [0.15, 0.2) is 6.20 Å². The van der Waals surface area contributed by atoms with E-state index in [1.54, 1.807) is 11.1 Å². The van der Waals surface area contributed by atoms with Gasteiger partial charge in [0.15, 0.2) is 0 Å². The van der Waals surface area contributed by atoms with Crippen molar-refractivity contribution in [2.75, 3.05) is 33.5 Å². The number of carbonyl (C=O) groups is 1. The lowest BCUT2D eigenvalue weighted by Crippen LogP contribution is -2.45. The number of morpholine rings is 1. The van der Waals surface area contributed by atoms with Crippen LogP contribution in [0.4, 0.5) is 0 Å². The van der Waals surface area contributed by atoms with Crippen molar-refractivity contribution in [3.8, 4) is 0 Å². The summed E-state index contributed by atoms with van der Waals surface area (Å²) in [5, 5.41) is 0. The van der Waals surface area contributed by atoms with Gasteiger partial charge in [0.05, 0.1) is 13.2 Å². The van der Waals surface area contributed by atoms with E-state index in [0.717, 1.165) is 11.5 Å². The standard InChI is InChI=1S/C11H17N3O3/c1-8-5-12-11(13-8)9-6-17-4-3-14(9)10(15)7-16-2/h5,9H,3-4,6-7H2,1-2H3,(H,12,13). The van der Waals surface area contributed by atoms with E-state index in [-0.39, 0.29) is 18.6 Å². The average molecular weight is 239 g/mol. The fourth-order valence-corrected chi connectivity index (χ4v) is 1.94. The smallest absolute Gasteiger partial charge is 0.249 e. The lowest BCUT2D eigenvalue weighted by Gasteiger charge is -2.34. The van der Waals surface area contributed by atoms with Crippen LogP contribution in [-0.2, 0) is 14.3 Å². The molecule has 0 saturated carbocycles. The highest BCUT2D eigenvalue weighted by Gasteiger charge is 2.30. The Hall–Kier alpha value is -1.40. The van der Waals surface area contributed by atoms with Crippen molar-refractivity contribution < 1.29 is 14.3 Å². The molecule has 0 radical (unpaired) electrons. The van der Waals surface area contributed by atoms with Gasteiger partial charge in [-0.15, -0.1) is 0 Å². The molecule has 6 heteroatoms. The maximum Gasteiger partial charge on any atom is 0.249 e. The maximum atomic E-state index is 11.9. The topological polar surface area (TPSA) is 67.4 Å². The Labute approximate surface area is 99.9 Å². The Bertz CT molecular complexity index is 391. The quantitative estimate of drug-likeness (QED) is 0.821. The summed E-state index contributed by atoms with van der Waals surface area (Å²) >= 11 is 0. The van der Waals surface area contributed by atoms with Crippen LogP contribution >= 0.6 is 0 Å². The van der Waals surface area contributed by atoms with Crippen molar-refractivity contribution in [3.05, 3.63) is 17.7 Å². The summed E-state index contributed by atoms with van der Waals surface area (Å²) in [5.74, 6) is 0.738. The predicted octanol–water partition coefficient (Wildman–Crippen LogP) is 0.264. The monoisotopic (exact) mass is 239 g/mol. The molecule has 0 aliphatic carbocycles. The second-order valence-electron chi connectivity index (χ2n) is 4.06. The second kappa shape index (κ2) is 5.29. The molecular formula is C11H17N3O3. The van der Waals surface area contributed by atoms with Crippen LogP contribution in [0.2, 0.25) is 0 Å². The lowest BCUT2D eigenvalue weighted by molar-refractivity contribution is -0.144. The summed E-state index contributed by atoms with van der Waals surface area (Å²) in [5.41, 5.74) is 0.977. The van der Waals surface area contributed by atoms with Gasteiger partial charge in [0.2, 0.25) is 5.91 Å². The average Bonchev–Trinajstić information content (AvgIpc) is 2.76. The van der Waals surface area contributed by atoms with Crippen LogP contribution in [0.3, 0.4) is 0 Å². The van der Waals surface area contributed by atoms with Crippen LogP contribution in [0.5, 0.6) is 0 Å². The molecule has 0 aromatic carbocycles. The number of carbonyl (C=O) groups excluding carboxylic acids is 1. The highest BCUT2D eigenvalue weighted by molar-refractivity contribution is 5.78. The number of aromatic nitrogens is 2. The van der Waals surface area contributed by atoms with Crippen molar-refractivity contribution in [2.24, 2.45) is 0 Å². The maximum absolute atomic E-state index is 11.9. The van der Waals surface area contributed by atoms with Gasteiger partial charge in [0, 0.05) is 25.5 Å². The number of H-pyrrole nitrogens is 1. The van der Waals surface area contributed by atoms with Gasteiger partial charge in [-0.05, 0) is 6.92 Å². The summed E-state index contributed by atoms with van der Waals surface area (Å²) in [6.45, 7) is 3.64. The minimum Gasteiger partial charge on any atom is -0.377 e. The molecule has 1 aliphatic heterocycles. The first kappa shape index (κ1) is 12.1. The number of methoxy groups -OCH3 is 1. The molecule has 1 aromatic heterocycles. The first-order valence-electron chi connectivity index (χ1n) is 5.60. The fourth-order valence-electron chi connectivity index (χ4n) is 1.94. The Morgan fingerprint density at radius 1 is 1.76 bits per heavy atom. The normalized spacial score (nSPS) is 20.6. The molecule has 94 valence electrons. The van der Waals surface area contributed by atoms with Gasteiger partial charge in [-0.25, -0.2) is 4.98 Å². The molecule has 1 unspecified atom stereocenters. The number of nitrogens with one attached hydrogen (secondary N) is 1. The van der Waals surface area contributed by atoms with Crippen molar-refractivity contribution in [2.45, 2.75) is 13.0 Å². The van der Waals surface area contributed by atoms with Gasteiger partial charge in [-0.2, -0.15) is 0 Å². The van der Waals surface area contributed by atoms with Gasteiger partial charge < -0.3 is 19.4 Å². The molecule has 6 nitrogen and oxygen atoms in total. The minimum atomic E-state index is -0.139. The second-order valence-corrected chi connectivity index (χ2v) is 4.06. The molecule has 1 saturated heterocycles. The molecule has 0 spiro atoms. The van der Waals surface area contributed by atoms with E-state index in [2.05, 4.69) is 9.97 Å². The van der Waals surface area contributed by atoms with Crippen molar-refractivity contribution in [1.82, 2.24) is 14.9 Å². The van der Waals surface area contributed by atoms with Gasteiger partial charge in [0.1, 0.15) is 18.5 Å². The fraction of sp³-hybridized carbons (Fsp3) is 0.636. The Balaban J connectivity index is 2.14. The number of nitrogens with zero attached hydrogens (tertiary/aromatic N) is 2. The molecule has 17 heavy (non-hydrogen) atoms. The highest BCUT2D eigenvalue weighted by Crippen LogP contribution is 2.21. The number of hydrogen-bond acceptors (Lipinski definition) is 4. The molecule has 1 aromatic rings. The lowest BCUT2D eigenvalue weighted by atomic mass is 10.2. The third-order valence-electron chi connectivity index (χ3n) is 2.75. The van der Waals surface area contributed by atoms with E-state index in [1.165, 1.54) is 7.11 Å². The number of ether oxygens (including phenoxy) is 2. The van der Waals surface area contributed by atoms with Crippen LogP contribution in [0.25, 0.3) is 0 Å². The molecule has 2 heterocycles. The van der Waals surface area contributed by atoms with Crippen molar-refractivity contribution in [1.29, 1.82) is 0 Å². The molecule has 1 atom stereocenters. The number of aryl methyl sites for hydroxylation is 1. The molecule has 1 N–H and O–H groups in total. The third-order valence-corrected chi connectivity index (χ3v) is 2.75. The van der Waals surface area contributed by atoms with Gasteiger partial charge in [0.25, 0.3) is 0 Å².